The van der Waals surface area contributed by atoms with E-state index >= 15 is 0 Å². The van der Waals surface area contributed by atoms with Gasteiger partial charge in [0.15, 0.2) is 11.5 Å². The maximum atomic E-state index is 12.9. The average molecular weight is 389 g/mol. The summed E-state index contributed by atoms with van der Waals surface area (Å²) in [6.45, 7) is 6.52. The number of hydrogen-bond acceptors (Lipinski definition) is 3. The summed E-state index contributed by atoms with van der Waals surface area (Å²) < 4.78 is 1.89. The second kappa shape index (κ2) is 8.13. The molecule has 0 aliphatic carbocycles. The molecule has 7 heteroatoms. The number of amides is 2. The van der Waals surface area contributed by atoms with Gasteiger partial charge in [0.25, 0.3) is 11.8 Å². The third kappa shape index (κ3) is 4.00. The molecule has 1 aromatic heterocycles. The van der Waals surface area contributed by atoms with Crippen LogP contribution in [0.1, 0.15) is 65.5 Å². The first-order valence-corrected chi connectivity index (χ1v) is 9.76. The van der Waals surface area contributed by atoms with Gasteiger partial charge in [-0.1, -0.05) is 24.6 Å². The predicted molar refractivity (Wildman–Crippen MR) is 107 cm³/mol. The van der Waals surface area contributed by atoms with E-state index in [1.54, 1.807) is 18.2 Å². The molecule has 2 amide bonds. The molecule has 0 bridgehead atoms. The van der Waals surface area contributed by atoms with Crippen LogP contribution in [-0.2, 0) is 13.0 Å². The molecule has 0 spiro atoms. The molecule has 3 rings (SSSR count). The van der Waals surface area contributed by atoms with Gasteiger partial charge in [0.2, 0.25) is 0 Å². The molecule has 1 aliphatic rings. The summed E-state index contributed by atoms with van der Waals surface area (Å²) in [5, 5.41) is 6.42. The van der Waals surface area contributed by atoms with Crippen LogP contribution >= 0.6 is 11.6 Å². The number of benzene rings is 1. The summed E-state index contributed by atoms with van der Waals surface area (Å²) in [5.74, 6) is -0.225. The van der Waals surface area contributed by atoms with Crippen LogP contribution in [0.4, 0.5) is 5.69 Å². The van der Waals surface area contributed by atoms with Crippen LogP contribution in [0.25, 0.3) is 0 Å². The lowest BCUT2D eigenvalue weighted by molar-refractivity contribution is 0.0923. The lowest BCUT2D eigenvalue weighted by Crippen LogP contribution is -2.34. The van der Waals surface area contributed by atoms with Crippen molar-refractivity contribution >= 4 is 29.1 Å². The van der Waals surface area contributed by atoms with Gasteiger partial charge in [0.1, 0.15) is 0 Å². The van der Waals surface area contributed by atoms with Crippen LogP contribution in [0.15, 0.2) is 18.2 Å². The minimum atomic E-state index is -0.311. The Bertz CT molecular complexity index is 875. The Labute approximate surface area is 164 Å². The van der Waals surface area contributed by atoms with Crippen molar-refractivity contribution in [2.45, 2.75) is 59.0 Å². The molecular weight excluding hydrogens is 364 g/mol. The molecule has 1 atom stereocenters. The van der Waals surface area contributed by atoms with E-state index in [2.05, 4.69) is 15.6 Å². The Morgan fingerprint density at radius 2 is 2.07 bits per heavy atom. The highest BCUT2D eigenvalue weighted by Gasteiger charge is 2.28. The summed E-state index contributed by atoms with van der Waals surface area (Å²) in [7, 11) is 0. The van der Waals surface area contributed by atoms with Crippen LogP contribution < -0.4 is 10.6 Å². The van der Waals surface area contributed by atoms with Crippen LogP contribution in [0.2, 0.25) is 5.02 Å². The van der Waals surface area contributed by atoms with Gasteiger partial charge in [0, 0.05) is 23.3 Å². The van der Waals surface area contributed by atoms with E-state index in [-0.39, 0.29) is 17.9 Å². The highest BCUT2D eigenvalue weighted by molar-refractivity contribution is 6.31. The minimum absolute atomic E-state index is 0.0560. The van der Waals surface area contributed by atoms with Crippen molar-refractivity contribution in [1.82, 2.24) is 14.9 Å². The number of nitrogens with zero attached hydrogens (tertiary/aromatic N) is 2. The Kier molecular flexibility index (Phi) is 5.85. The highest BCUT2D eigenvalue weighted by atomic mass is 35.5. The zero-order chi connectivity index (χ0) is 19.6. The molecule has 144 valence electrons. The second-order valence-corrected chi connectivity index (χ2v) is 7.40. The topological polar surface area (TPSA) is 76.0 Å². The van der Waals surface area contributed by atoms with Crippen molar-refractivity contribution in [3.63, 3.8) is 0 Å². The Hall–Kier alpha value is -2.34. The summed E-state index contributed by atoms with van der Waals surface area (Å²) in [5.41, 5.74) is 2.60. The van der Waals surface area contributed by atoms with Gasteiger partial charge in [-0.3, -0.25) is 9.59 Å². The summed E-state index contributed by atoms with van der Waals surface area (Å²) in [4.78, 5) is 30.0. The van der Waals surface area contributed by atoms with Gasteiger partial charge in [0.05, 0.1) is 5.69 Å². The zero-order valence-corrected chi connectivity index (χ0v) is 16.7. The monoisotopic (exact) mass is 388 g/mol. The van der Waals surface area contributed by atoms with Gasteiger partial charge in [-0.25, -0.2) is 4.98 Å². The van der Waals surface area contributed by atoms with Crippen LogP contribution in [0.3, 0.4) is 0 Å². The molecule has 0 saturated carbocycles. The van der Waals surface area contributed by atoms with Gasteiger partial charge in [-0.05, 0) is 57.2 Å². The average Bonchev–Trinajstić information content (AvgIpc) is 3.05. The number of anilines is 1. The van der Waals surface area contributed by atoms with Gasteiger partial charge >= 0.3 is 0 Å². The number of carbonyl (C=O) groups excluding carboxylic acids is 2. The molecular formula is C20H25ClN4O2. The number of imidazole rings is 1. The second-order valence-electron chi connectivity index (χ2n) is 6.99. The lowest BCUT2D eigenvalue weighted by atomic mass is 10.1. The molecule has 6 nitrogen and oxygen atoms in total. The van der Waals surface area contributed by atoms with Crippen LogP contribution in [0, 0.1) is 6.92 Å². The zero-order valence-electron chi connectivity index (χ0n) is 15.9. The van der Waals surface area contributed by atoms with E-state index in [4.69, 9.17) is 11.6 Å². The van der Waals surface area contributed by atoms with E-state index in [0.717, 1.165) is 36.9 Å². The fourth-order valence-electron chi connectivity index (χ4n) is 3.21. The number of aromatic nitrogens is 2. The molecule has 1 aromatic carbocycles. The van der Waals surface area contributed by atoms with Crippen molar-refractivity contribution in [2.75, 3.05) is 5.32 Å². The molecule has 1 unspecified atom stereocenters. The predicted octanol–water partition coefficient (Wildman–Crippen LogP) is 3.96. The largest absolute Gasteiger partial charge is 0.347 e. The van der Waals surface area contributed by atoms with Crippen molar-refractivity contribution in [3.8, 4) is 0 Å². The van der Waals surface area contributed by atoms with Crippen LogP contribution in [0.5, 0.6) is 0 Å². The molecule has 0 saturated heterocycles. The Morgan fingerprint density at radius 1 is 1.30 bits per heavy atom. The Balaban J connectivity index is 1.92. The summed E-state index contributed by atoms with van der Waals surface area (Å²) >= 11 is 6.14. The van der Waals surface area contributed by atoms with Crippen molar-refractivity contribution < 1.29 is 9.59 Å². The third-order valence-electron chi connectivity index (χ3n) is 5.04. The molecule has 1 aliphatic heterocycles. The molecule has 2 heterocycles. The van der Waals surface area contributed by atoms with E-state index in [0.29, 0.717) is 28.8 Å². The number of nitrogens with one attached hydrogen (secondary N) is 2. The number of rotatable bonds is 5. The van der Waals surface area contributed by atoms with E-state index in [1.165, 1.54) is 0 Å². The smallest absolute Gasteiger partial charge is 0.287 e. The standard InChI is InChI=1S/C20H25ClN4O2/c1-4-12(2)22-20(27)18-24-17(16-10-5-6-11-25(16)18)19(26)23-15-9-7-8-14(21)13(15)3/h7-9,12H,4-6,10-11H2,1-3H3,(H,22,27)(H,23,26). The van der Waals surface area contributed by atoms with E-state index in [1.807, 2.05) is 25.3 Å². The molecule has 2 aromatic rings. The van der Waals surface area contributed by atoms with Crippen molar-refractivity contribution in [1.29, 1.82) is 0 Å². The van der Waals surface area contributed by atoms with Crippen molar-refractivity contribution in [2.24, 2.45) is 0 Å². The molecule has 2 N–H and O–H groups in total. The number of hydrogen-bond donors (Lipinski definition) is 2. The van der Waals surface area contributed by atoms with Gasteiger partial charge in [-0.15, -0.1) is 0 Å². The van der Waals surface area contributed by atoms with E-state index < -0.39 is 0 Å². The highest BCUT2D eigenvalue weighted by Crippen LogP contribution is 2.25. The van der Waals surface area contributed by atoms with Crippen molar-refractivity contribution in [3.05, 3.63) is 46.0 Å². The fourth-order valence-corrected chi connectivity index (χ4v) is 3.39. The maximum Gasteiger partial charge on any atom is 0.287 e. The number of carbonyl (C=O) groups is 2. The fraction of sp³-hybridized carbons (Fsp3) is 0.450. The third-order valence-corrected chi connectivity index (χ3v) is 5.45. The van der Waals surface area contributed by atoms with E-state index in [9.17, 15) is 9.59 Å². The normalized spacial score (nSPS) is 14.4. The Morgan fingerprint density at radius 3 is 2.81 bits per heavy atom. The minimum Gasteiger partial charge on any atom is -0.347 e. The quantitative estimate of drug-likeness (QED) is 0.813. The van der Waals surface area contributed by atoms with Crippen LogP contribution in [-0.4, -0.2) is 27.4 Å². The summed E-state index contributed by atoms with van der Waals surface area (Å²) in [6, 6.07) is 5.43. The first-order chi connectivity index (χ1) is 12.9. The number of halogens is 1. The molecule has 0 fully saturated rings. The maximum absolute atomic E-state index is 12.9. The first-order valence-electron chi connectivity index (χ1n) is 9.39. The SMILES string of the molecule is CCC(C)NC(=O)c1nc(C(=O)Nc2cccc(Cl)c2C)c2n1CCCC2. The molecule has 27 heavy (non-hydrogen) atoms. The molecule has 0 radical (unpaired) electrons. The lowest BCUT2D eigenvalue weighted by Gasteiger charge is -2.18. The van der Waals surface area contributed by atoms with Gasteiger partial charge in [-0.2, -0.15) is 0 Å². The summed E-state index contributed by atoms with van der Waals surface area (Å²) in [6.07, 6.45) is 3.53. The number of fused-ring (bicyclic) bond motifs is 1. The first kappa shape index (κ1) is 19.4. The van der Waals surface area contributed by atoms with Gasteiger partial charge < -0.3 is 15.2 Å².